The molecule has 29 heavy (non-hydrogen) atoms. The Morgan fingerprint density at radius 1 is 0.862 bits per heavy atom. The van der Waals surface area contributed by atoms with Gasteiger partial charge in [-0.05, 0) is 48.5 Å². The van der Waals surface area contributed by atoms with E-state index in [2.05, 4.69) is 26.0 Å². The zero-order valence-electron chi connectivity index (χ0n) is 15.1. The Bertz CT molecular complexity index is 1360. The highest BCUT2D eigenvalue weighted by Gasteiger charge is 2.17. The Morgan fingerprint density at radius 3 is 2.38 bits per heavy atom. The summed E-state index contributed by atoms with van der Waals surface area (Å²) in [5.74, 6) is 0.497. The van der Waals surface area contributed by atoms with E-state index in [1.54, 1.807) is 27.8 Å². The first-order valence-corrected chi connectivity index (χ1v) is 9.74. The maximum atomic E-state index is 13.5. The van der Waals surface area contributed by atoms with E-state index >= 15 is 0 Å². The van der Waals surface area contributed by atoms with Crippen LogP contribution in [0.1, 0.15) is 0 Å². The summed E-state index contributed by atoms with van der Waals surface area (Å²) in [6.07, 6.45) is 5.10. The molecular formula is C22H14BrN5O. The molecule has 0 radical (unpaired) electrons. The molecule has 6 nitrogen and oxygen atoms in total. The number of hydrogen-bond acceptors (Lipinski definition) is 4. The molecule has 0 spiro atoms. The Labute approximate surface area is 174 Å². The molecule has 2 aromatic carbocycles. The lowest BCUT2D eigenvalue weighted by molar-refractivity contribution is 0.888. The van der Waals surface area contributed by atoms with Crippen molar-refractivity contribution in [2.75, 3.05) is 0 Å². The standard InChI is InChI=1S/C22H14BrN5O/c23-16-8-10-18(11-9-16)28-21(15-5-4-12-24-13-15)25-20-19(22(28)29)14-27(26-20)17-6-2-1-3-7-17/h1-14H. The molecule has 3 heterocycles. The van der Waals surface area contributed by atoms with Crippen LogP contribution >= 0.6 is 15.9 Å². The normalized spacial score (nSPS) is 11.1. The molecule has 7 heteroatoms. The van der Waals surface area contributed by atoms with Crippen LogP contribution in [0.4, 0.5) is 0 Å². The summed E-state index contributed by atoms with van der Waals surface area (Å²) in [6.45, 7) is 0. The van der Waals surface area contributed by atoms with Crippen LogP contribution in [0.25, 0.3) is 33.8 Å². The number of rotatable bonds is 3. The number of nitrogens with zero attached hydrogens (tertiary/aromatic N) is 5. The maximum absolute atomic E-state index is 13.5. The van der Waals surface area contributed by atoms with Crippen LogP contribution in [0.2, 0.25) is 0 Å². The molecule has 5 rings (SSSR count). The van der Waals surface area contributed by atoms with Gasteiger partial charge in [0.25, 0.3) is 5.56 Å². The fraction of sp³-hybridized carbons (Fsp3) is 0. The first kappa shape index (κ1) is 17.5. The third kappa shape index (κ3) is 3.15. The van der Waals surface area contributed by atoms with Crippen molar-refractivity contribution in [2.24, 2.45) is 0 Å². The van der Waals surface area contributed by atoms with E-state index in [-0.39, 0.29) is 5.56 Å². The van der Waals surface area contributed by atoms with Gasteiger partial charge in [0.1, 0.15) is 5.39 Å². The lowest BCUT2D eigenvalue weighted by Crippen LogP contribution is -2.21. The molecule has 0 saturated heterocycles. The van der Waals surface area contributed by atoms with Gasteiger partial charge in [-0.3, -0.25) is 14.3 Å². The molecule has 0 aliphatic heterocycles. The average molecular weight is 444 g/mol. The highest BCUT2D eigenvalue weighted by atomic mass is 79.9. The molecule has 5 aromatic rings. The molecule has 0 unspecified atom stereocenters. The van der Waals surface area contributed by atoms with Gasteiger partial charge < -0.3 is 0 Å². The molecule has 0 atom stereocenters. The summed E-state index contributed by atoms with van der Waals surface area (Å²) in [7, 11) is 0. The number of fused-ring (bicyclic) bond motifs is 1. The predicted octanol–water partition coefficient (Wildman–Crippen LogP) is 4.40. The minimum absolute atomic E-state index is 0.182. The number of benzene rings is 2. The van der Waals surface area contributed by atoms with Gasteiger partial charge in [0, 0.05) is 28.6 Å². The van der Waals surface area contributed by atoms with E-state index in [0.717, 1.165) is 21.4 Å². The van der Waals surface area contributed by atoms with E-state index < -0.39 is 0 Å². The topological polar surface area (TPSA) is 65.6 Å². The van der Waals surface area contributed by atoms with Crippen molar-refractivity contribution < 1.29 is 0 Å². The van der Waals surface area contributed by atoms with Gasteiger partial charge in [-0.1, -0.05) is 34.1 Å². The summed E-state index contributed by atoms with van der Waals surface area (Å²) < 4.78 is 4.21. The van der Waals surface area contributed by atoms with Gasteiger partial charge >= 0.3 is 0 Å². The number of para-hydroxylation sites is 1. The monoisotopic (exact) mass is 443 g/mol. The lowest BCUT2D eigenvalue weighted by atomic mass is 10.2. The number of hydrogen-bond donors (Lipinski definition) is 0. The van der Waals surface area contributed by atoms with Crippen LogP contribution in [0.3, 0.4) is 0 Å². The first-order valence-electron chi connectivity index (χ1n) is 8.95. The number of halogens is 1. The van der Waals surface area contributed by atoms with Crippen LogP contribution in [0, 0.1) is 0 Å². The van der Waals surface area contributed by atoms with Crippen molar-refractivity contribution in [3.8, 4) is 22.8 Å². The van der Waals surface area contributed by atoms with Crippen molar-refractivity contribution >= 4 is 27.0 Å². The highest BCUT2D eigenvalue weighted by Crippen LogP contribution is 2.22. The quantitative estimate of drug-likeness (QED) is 0.414. The van der Waals surface area contributed by atoms with Gasteiger partial charge in [-0.2, -0.15) is 0 Å². The minimum Gasteiger partial charge on any atom is -0.268 e. The summed E-state index contributed by atoms with van der Waals surface area (Å²) >= 11 is 3.44. The van der Waals surface area contributed by atoms with E-state index in [0.29, 0.717) is 16.9 Å². The van der Waals surface area contributed by atoms with Crippen LogP contribution < -0.4 is 5.56 Å². The van der Waals surface area contributed by atoms with Crippen molar-refractivity contribution in [1.82, 2.24) is 24.3 Å². The third-order valence-electron chi connectivity index (χ3n) is 4.58. The summed E-state index contributed by atoms with van der Waals surface area (Å²) in [5, 5.41) is 4.99. The van der Waals surface area contributed by atoms with E-state index in [1.807, 2.05) is 66.7 Å². The zero-order valence-corrected chi connectivity index (χ0v) is 16.7. The molecule has 0 amide bonds. The smallest absolute Gasteiger partial charge is 0.268 e. The molecule has 0 aliphatic rings. The molecule has 3 aromatic heterocycles. The van der Waals surface area contributed by atoms with Crippen molar-refractivity contribution in [3.63, 3.8) is 0 Å². The van der Waals surface area contributed by atoms with Crippen LogP contribution in [-0.4, -0.2) is 24.3 Å². The lowest BCUT2D eigenvalue weighted by Gasteiger charge is -2.12. The summed E-state index contributed by atoms with van der Waals surface area (Å²) in [5.41, 5.74) is 2.54. The van der Waals surface area contributed by atoms with Crippen molar-refractivity contribution in [1.29, 1.82) is 0 Å². The predicted molar refractivity (Wildman–Crippen MR) is 115 cm³/mol. The third-order valence-corrected chi connectivity index (χ3v) is 5.11. The summed E-state index contributed by atoms with van der Waals surface area (Å²) in [4.78, 5) is 22.4. The molecule has 0 bridgehead atoms. The van der Waals surface area contributed by atoms with Gasteiger partial charge in [0.2, 0.25) is 0 Å². The Kier molecular flexibility index (Phi) is 4.29. The summed E-state index contributed by atoms with van der Waals surface area (Å²) in [6, 6.07) is 20.9. The molecule has 0 N–H and O–H groups in total. The van der Waals surface area contributed by atoms with Gasteiger partial charge in [0.05, 0.1) is 11.4 Å². The Balaban J connectivity index is 1.82. The van der Waals surface area contributed by atoms with E-state index in [9.17, 15) is 4.79 Å². The van der Waals surface area contributed by atoms with E-state index in [1.165, 1.54) is 0 Å². The number of pyridine rings is 1. The molecule has 140 valence electrons. The van der Waals surface area contributed by atoms with Crippen LogP contribution in [0.5, 0.6) is 0 Å². The van der Waals surface area contributed by atoms with Crippen molar-refractivity contribution in [2.45, 2.75) is 0 Å². The second-order valence-corrected chi connectivity index (χ2v) is 7.36. The zero-order chi connectivity index (χ0) is 19.8. The fourth-order valence-corrected chi connectivity index (χ4v) is 3.46. The second kappa shape index (κ2) is 7.10. The first-order chi connectivity index (χ1) is 14.2. The van der Waals surface area contributed by atoms with Gasteiger partial charge in [0.15, 0.2) is 11.5 Å². The van der Waals surface area contributed by atoms with Crippen molar-refractivity contribution in [3.05, 3.63) is 100 Å². The SMILES string of the molecule is O=c1c2cn(-c3ccccc3)nc2nc(-c2cccnc2)n1-c1ccc(Br)cc1. The second-order valence-electron chi connectivity index (χ2n) is 6.44. The average Bonchev–Trinajstić information content (AvgIpc) is 3.21. The molecule has 0 fully saturated rings. The maximum Gasteiger partial charge on any atom is 0.269 e. The largest absolute Gasteiger partial charge is 0.269 e. The van der Waals surface area contributed by atoms with Gasteiger partial charge in [-0.15, -0.1) is 5.10 Å². The molecule has 0 saturated carbocycles. The minimum atomic E-state index is -0.182. The Morgan fingerprint density at radius 2 is 1.66 bits per heavy atom. The number of aromatic nitrogens is 5. The highest BCUT2D eigenvalue weighted by molar-refractivity contribution is 9.10. The van der Waals surface area contributed by atoms with Crippen LogP contribution in [0.15, 0.2) is 94.6 Å². The Hall–Kier alpha value is -3.58. The molecular weight excluding hydrogens is 430 g/mol. The van der Waals surface area contributed by atoms with Gasteiger partial charge in [-0.25, -0.2) is 9.67 Å². The fourth-order valence-electron chi connectivity index (χ4n) is 3.20. The van der Waals surface area contributed by atoms with E-state index in [4.69, 9.17) is 4.98 Å². The van der Waals surface area contributed by atoms with Crippen LogP contribution in [-0.2, 0) is 0 Å². The molecule has 0 aliphatic carbocycles.